The quantitative estimate of drug-likeness (QED) is 0.212. The predicted octanol–water partition coefficient (Wildman–Crippen LogP) is 6.28. The molecular formula is C34H35ClN2O3. The van der Waals surface area contributed by atoms with Gasteiger partial charge < -0.3 is 15.0 Å². The lowest BCUT2D eigenvalue weighted by atomic mass is 10.0. The minimum atomic E-state index is -0.669. The first-order valence-corrected chi connectivity index (χ1v) is 13.9. The molecule has 0 spiro atoms. The molecule has 40 heavy (non-hydrogen) atoms. The average Bonchev–Trinajstić information content (AvgIpc) is 3.00. The number of rotatable bonds is 13. The lowest BCUT2D eigenvalue weighted by Gasteiger charge is -2.32. The van der Waals surface area contributed by atoms with Crippen LogP contribution in [-0.2, 0) is 35.4 Å². The Balaban J connectivity index is 1.54. The number of benzene rings is 4. The third kappa shape index (κ3) is 8.72. The molecule has 5 nitrogen and oxygen atoms in total. The van der Waals surface area contributed by atoms with Crippen molar-refractivity contribution in [2.75, 3.05) is 13.7 Å². The molecule has 0 fully saturated rings. The summed E-state index contributed by atoms with van der Waals surface area (Å²) in [6.45, 7) is 0.775. The molecule has 1 N–H and O–H groups in total. The number of aryl methyl sites for hydroxylation is 1. The zero-order chi connectivity index (χ0) is 28.2. The van der Waals surface area contributed by atoms with E-state index in [4.69, 9.17) is 16.3 Å². The van der Waals surface area contributed by atoms with Crippen LogP contribution in [0.5, 0.6) is 5.75 Å². The van der Waals surface area contributed by atoms with Gasteiger partial charge in [0, 0.05) is 31.0 Å². The summed E-state index contributed by atoms with van der Waals surface area (Å²) in [5.41, 5.74) is 4.10. The predicted molar refractivity (Wildman–Crippen MR) is 160 cm³/mol. The number of halogens is 1. The van der Waals surface area contributed by atoms with Gasteiger partial charge >= 0.3 is 0 Å². The maximum atomic E-state index is 13.8. The normalized spacial score (nSPS) is 11.4. The molecule has 0 saturated carbocycles. The van der Waals surface area contributed by atoms with Gasteiger partial charge in [0.25, 0.3) is 0 Å². The summed E-state index contributed by atoms with van der Waals surface area (Å²) in [5.74, 6) is 0.562. The molecule has 4 rings (SSSR count). The second-order valence-corrected chi connectivity index (χ2v) is 10.2. The monoisotopic (exact) mass is 554 g/mol. The Morgan fingerprint density at radius 2 is 1.32 bits per heavy atom. The van der Waals surface area contributed by atoms with Crippen LogP contribution >= 0.6 is 11.6 Å². The number of nitrogens with zero attached hydrogens (tertiary/aromatic N) is 1. The van der Waals surface area contributed by atoms with Crippen molar-refractivity contribution in [3.63, 3.8) is 0 Å². The Morgan fingerprint density at radius 1 is 0.750 bits per heavy atom. The Kier molecular flexibility index (Phi) is 10.8. The second-order valence-electron chi connectivity index (χ2n) is 9.73. The van der Waals surface area contributed by atoms with E-state index in [2.05, 4.69) is 5.32 Å². The largest absolute Gasteiger partial charge is 0.497 e. The van der Waals surface area contributed by atoms with Crippen molar-refractivity contribution >= 4 is 23.4 Å². The molecule has 0 heterocycles. The Bertz CT molecular complexity index is 1340. The van der Waals surface area contributed by atoms with Crippen molar-refractivity contribution in [3.05, 3.63) is 136 Å². The minimum absolute atomic E-state index is 0.0648. The van der Waals surface area contributed by atoms with Crippen LogP contribution in [0.4, 0.5) is 0 Å². The highest BCUT2D eigenvalue weighted by molar-refractivity contribution is 6.30. The zero-order valence-electron chi connectivity index (χ0n) is 22.8. The van der Waals surface area contributed by atoms with Gasteiger partial charge in [0.15, 0.2) is 0 Å². The molecule has 4 aromatic rings. The number of carbonyl (C=O) groups is 2. The zero-order valence-corrected chi connectivity index (χ0v) is 23.5. The Morgan fingerprint density at radius 3 is 1.95 bits per heavy atom. The summed E-state index contributed by atoms with van der Waals surface area (Å²) < 4.78 is 5.24. The molecule has 0 bridgehead atoms. The van der Waals surface area contributed by atoms with Crippen LogP contribution in [-0.4, -0.2) is 36.4 Å². The second kappa shape index (κ2) is 14.9. The first-order valence-electron chi connectivity index (χ1n) is 13.5. The number of amides is 2. The third-order valence-electron chi connectivity index (χ3n) is 6.88. The molecule has 1 atom stereocenters. The number of ether oxygens (including phenoxy) is 1. The molecule has 0 aromatic heterocycles. The van der Waals surface area contributed by atoms with Crippen LogP contribution in [0.15, 0.2) is 109 Å². The van der Waals surface area contributed by atoms with Gasteiger partial charge in [-0.15, -0.1) is 0 Å². The topological polar surface area (TPSA) is 58.6 Å². The van der Waals surface area contributed by atoms with Crippen molar-refractivity contribution in [2.45, 2.75) is 38.3 Å². The Labute approximate surface area is 241 Å². The van der Waals surface area contributed by atoms with Gasteiger partial charge in [-0.1, -0.05) is 96.5 Å². The lowest BCUT2D eigenvalue weighted by molar-refractivity contribution is -0.141. The molecular weight excluding hydrogens is 520 g/mol. The highest BCUT2D eigenvalue weighted by Crippen LogP contribution is 2.19. The van der Waals surface area contributed by atoms with Gasteiger partial charge in [0.2, 0.25) is 11.8 Å². The van der Waals surface area contributed by atoms with E-state index in [9.17, 15) is 9.59 Å². The summed E-state index contributed by atoms with van der Waals surface area (Å²) in [7, 11) is 1.64. The van der Waals surface area contributed by atoms with Crippen LogP contribution in [0.3, 0.4) is 0 Å². The van der Waals surface area contributed by atoms with Crippen molar-refractivity contribution < 1.29 is 14.3 Å². The molecule has 0 unspecified atom stereocenters. The summed E-state index contributed by atoms with van der Waals surface area (Å²) >= 11 is 6.12. The SMILES string of the molecule is COc1ccc(CCNC(=O)[C@H](Cc2ccccc2)N(Cc2ccc(Cl)cc2)C(=O)CCc2ccccc2)cc1. The molecule has 6 heteroatoms. The molecule has 2 amide bonds. The van der Waals surface area contributed by atoms with E-state index in [1.54, 1.807) is 12.0 Å². The van der Waals surface area contributed by atoms with E-state index in [0.29, 0.717) is 43.8 Å². The van der Waals surface area contributed by atoms with Gasteiger partial charge in [-0.3, -0.25) is 9.59 Å². The Hall–Kier alpha value is -4.09. The number of hydrogen-bond donors (Lipinski definition) is 1. The lowest BCUT2D eigenvalue weighted by Crippen LogP contribution is -2.50. The van der Waals surface area contributed by atoms with Gasteiger partial charge in [-0.2, -0.15) is 0 Å². The minimum Gasteiger partial charge on any atom is -0.497 e. The molecule has 0 aliphatic heterocycles. The molecule has 4 aromatic carbocycles. The summed E-state index contributed by atoms with van der Waals surface area (Å²) in [6.07, 6.45) is 2.00. The highest BCUT2D eigenvalue weighted by Gasteiger charge is 2.30. The van der Waals surface area contributed by atoms with Gasteiger partial charge in [0.05, 0.1) is 7.11 Å². The summed E-state index contributed by atoms with van der Waals surface area (Å²) in [6, 6.07) is 34.3. The van der Waals surface area contributed by atoms with Crippen molar-refractivity contribution in [1.82, 2.24) is 10.2 Å². The van der Waals surface area contributed by atoms with Crippen molar-refractivity contribution in [3.8, 4) is 5.75 Å². The molecule has 0 radical (unpaired) electrons. The number of hydrogen-bond acceptors (Lipinski definition) is 3. The van der Waals surface area contributed by atoms with E-state index in [-0.39, 0.29) is 11.8 Å². The smallest absolute Gasteiger partial charge is 0.243 e. The summed E-state index contributed by atoms with van der Waals surface area (Å²) in [4.78, 5) is 29.3. The van der Waals surface area contributed by atoms with E-state index in [1.807, 2.05) is 109 Å². The number of methoxy groups -OCH3 is 1. The van der Waals surface area contributed by atoms with Gasteiger partial charge in [0.1, 0.15) is 11.8 Å². The van der Waals surface area contributed by atoms with Gasteiger partial charge in [-0.05, 0) is 59.4 Å². The van der Waals surface area contributed by atoms with Gasteiger partial charge in [-0.25, -0.2) is 0 Å². The molecule has 206 valence electrons. The maximum Gasteiger partial charge on any atom is 0.243 e. The maximum absolute atomic E-state index is 13.8. The van der Waals surface area contributed by atoms with Crippen molar-refractivity contribution in [1.29, 1.82) is 0 Å². The van der Waals surface area contributed by atoms with E-state index in [0.717, 1.165) is 28.0 Å². The van der Waals surface area contributed by atoms with Crippen LogP contribution in [0.25, 0.3) is 0 Å². The highest BCUT2D eigenvalue weighted by atomic mass is 35.5. The van der Waals surface area contributed by atoms with Crippen LogP contribution in [0.1, 0.15) is 28.7 Å². The molecule has 0 saturated heterocycles. The fraction of sp³-hybridized carbons (Fsp3) is 0.235. The molecule has 0 aliphatic carbocycles. The number of carbonyl (C=O) groups excluding carboxylic acids is 2. The van der Waals surface area contributed by atoms with E-state index >= 15 is 0 Å². The van der Waals surface area contributed by atoms with Crippen LogP contribution < -0.4 is 10.1 Å². The van der Waals surface area contributed by atoms with Crippen molar-refractivity contribution in [2.24, 2.45) is 0 Å². The first-order chi connectivity index (χ1) is 19.5. The fourth-order valence-corrected chi connectivity index (χ4v) is 4.75. The standard InChI is InChI=1S/C34H35ClN2O3/c1-40-31-19-14-27(15-20-31)22-23-36-34(39)32(24-28-10-6-3-7-11-28)37(25-29-12-17-30(35)18-13-29)33(38)21-16-26-8-4-2-5-9-26/h2-15,17-20,32H,16,21-25H2,1H3,(H,36,39)/t32-/m0/s1. The van der Waals surface area contributed by atoms with Crippen LogP contribution in [0, 0.1) is 0 Å². The fourth-order valence-electron chi connectivity index (χ4n) is 4.62. The van der Waals surface area contributed by atoms with E-state index in [1.165, 1.54) is 0 Å². The van der Waals surface area contributed by atoms with E-state index < -0.39 is 6.04 Å². The first kappa shape index (κ1) is 28.9. The summed E-state index contributed by atoms with van der Waals surface area (Å²) in [5, 5.41) is 3.73. The average molecular weight is 555 g/mol. The third-order valence-corrected chi connectivity index (χ3v) is 7.13. The molecule has 0 aliphatic rings. The van der Waals surface area contributed by atoms with Crippen LogP contribution in [0.2, 0.25) is 5.02 Å². The number of nitrogens with one attached hydrogen (secondary N) is 1.